The van der Waals surface area contributed by atoms with Crippen molar-refractivity contribution >= 4 is 27.6 Å². The van der Waals surface area contributed by atoms with Crippen LogP contribution in [0.1, 0.15) is 0 Å². The van der Waals surface area contributed by atoms with Gasteiger partial charge in [0.2, 0.25) is 10.8 Å². The van der Waals surface area contributed by atoms with Crippen molar-refractivity contribution in [1.82, 2.24) is 24.8 Å². The number of thiophene rings is 1. The maximum Gasteiger partial charge on any atom is 0.235 e. The number of rotatable bonds is 2. The Morgan fingerprint density at radius 1 is 1.05 bits per heavy atom. The van der Waals surface area contributed by atoms with Crippen LogP contribution >= 0.6 is 22.7 Å². The summed E-state index contributed by atoms with van der Waals surface area (Å²) in [6.07, 6.45) is 1.74. The summed E-state index contributed by atoms with van der Waals surface area (Å²) in [5.41, 5.74) is 0.776. The van der Waals surface area contributed by atoms with E-state index in [1.54, 1.807) is 22.0 Å². The molecule has 0 aliphatic rings. The van der Waals surface area contributed by atoms with Crippen molar-refractivity contribution in [3.8, 4) is 21.4 Å². The summed E-state index contributed by atoms with van der Waals surface area (Å²) in [5, 5.41) is 15.9. The van der Waals surface area contributed by atoms with Crippen LogP contribution in [0.25, 0.3) is 26.4 Å². The normalized spacial score (nSPS) is 11.2. The van der Waals surface area contributed by atoms with E-state index in [1.165, 1.54) is 11.3 Å². The summed E-state index contributed by atoms with van der Waals surface area (Å²) in [6, 6.07) is 9.77. The standard InChI is InChI=1S/C12H7N5S2/c1-2-6-13-8(4-1)10-14-15-12-17(10)16-11(19-12)9-5-3-7-18-9/h1-7H. The van der Waals surface area contributed by atoms with Crippen molar-refractivity contribution in [3.05, 3.63) is 41.9 Å². The van der Waals surface area contributed by atoms with Crippen LogP contribution in [0.15, 0.2) is 41.9 Å². The Hall–Kier alpha value is -2.12. The van der Waals surface area contributed by atoms with Crippen LogP contribution in [0, 0.1) is 0 Å². The van der Waals surface area contributed by atoms with E-state index in [2.05, 4.69) is 26.3 Å². The Morgan fingerprint density at radius 3 is 2.84 bits per heavy atom. The van der Waals surface area contributed by atoms with E-state index in [-0.39, 0.29) is 0 Å². The molecule has 0 aliphatic heterocycles. The van der Waals surface area contributed by atoms with Crippen LogP contribution in [0.5, 0.6) is 0 Å². The topological polar surface area (TPSA) is 56.0 Å². The van der Waals surface area contributed by atoms with Crippen LogP contribution < -0.4 is 0 Å². The average Bonchev–Trinajstić information content (AvgIpc) is 3.15. The molecule has 92 valence electrons. The van der Waals surface area contributed by atoms with Gasteiger partial charge in [0.25, 0.3) is 0 Å². The van der Waals surface area contributed by atoms with Gasteiger partial charge in [0.05, 0.1) is 4.88 Å². The van der Waals surface area contributed by atoms with Gasteiger partial charge in [-0.3, -0.25) is 4.98 Å². The number of hydrogen-bond donors (Lipinski definition) is 0. The minimum atomic E-state index is 0.676. The molecule has 0 radical (unpaired) electrons. The fraction of sp³-hybridized carbons (Fsp3) is 0. The van der Waals surface area contributed by atoms with Gasteiger partial charge in [0, 0.05) is 6.20 Å². The lowest BCUT2D eigenvalue weighted by Gasteiger charge is -1.94. The first-order valence-electron chi connectivity index (χ1n) is 5.59. The zero-order chi connectivity index (χ0) is 12.7. The molecule has 4 aromatic rings. The smallest absolute Gasteiger partial charge is 0.235 e. The highest BCUT2D eigenvalue weighted by molar-refractivity contribution is 7.23. The number of fused-ring (bicyclic) bond motifs is 1. The van der Waals surface area contributed by atoms with Crippen LogP contribution in [0.4, 0.5) is 0 Å². The Labute approximate surface area is 116 Å². The van der Waals surface area contributed by atoms with Crippen molar-refractivity contribution in [2.45, 2.75) is 0 Å². The van der Waals surface area contributed by atoms with Crippen molar-refractivity contribution in [3.63, 3.8) is 0 Å². The monoisotopic (exact) mass is 285 g/mol. The van der Waals surface area contributed by atoms with E-state index in [4.69, 9.17) is 0 Å². The van der Waals surface area contributed by atoms with Gasteiger partial charge in [-0.1, -0.05) is 23.5 Å². The second-order valence-electron chi connectivity index (χ2n) is 3.82. The molecule has 0 fully saturated rings. The maximum absolute atomic E-state index is 4.57. The van der Waals surface area contributed by atoms with Crippen molar-refractivity contribution in [2.24, 2.45) is 0 Å². The van der Waals surface area contributed by atoms with E-state index < -0.39 is 0 Å². The molecule has 4 heterocycles. The molecule has 0 unspecified atom stereocenters. The van der Waals surface area contributed by atoms with Gasteiger partial charge >= 0.3 is 0 Å². The number of nitrogens with zero attached hydrogens (tertiary/aromatic N) is 5. The predicted octanol–water partition coefficient (Wildman–Crippen LogP) is 2.98. The van der Waals surface area contributed by atoms with Gasteiger partial charge in [-0.2, -0.15) is 9.61 Å². The van der Waals surface area contributed by atoms with E-state index >= 15 is 0 Å². The van der Waals surface area contributed by atoms with Crippen LogP contribution in [-0.2, 0) is 0 Å². The number of hydrogen-bond acceptors (Lipinski definition) is 6. The first-order valence-corrected chi connectivity index (χ1v) is 7.29. The van der Waals surface area contributed by atoms with E-state index in [0.717, 1.165) is 20.5 Å². The third-order valence-corrected chi connectivity index (χ3v) is 4.55. The van der Waals surface area contributed by atoms with Crippen LogP contribution in [0.3, 0.4) is 0 Å². The summed E-state index contributed by atoms with van der Waals surface area (Å²) in [5.74, 6) is 0.676. The fourth-order valence-electron chi connectivity index (χ4n) is 1.77. The fourth-order valence-corrected chi connectivity index (χ4v) is 3.40. The largest absolute Gasteiger partial charge is 0.253 e. The Kier molecular flexibility index (Phi) is 2.39. The molecule has 0 spiro atoms. The van der Waals surface area contributed by atoms with Gasteiger partial charge in [-0.05, 0) is 23.6 Å². The highest BCUT2D eigenvalue weighted by Crippen LogP contribution is 2.30. The zero-order valence-corrected chi connectivity index (χ0v) is 11.2. The van der Waals surface area contributed by atoms with Gasteiger partial charge in [-0.15, -0.1) is 21.5 Å². The molecular weight excluding hydrogens is 278 g/mol. The predicted molar refractivity (Wildman–Crippen MR) is 75.2 cm³/mol. The Bertz CT molecular complexity index is 816. The highest BCUT2D eigenvalue weighted by Gasteiger charge is 2.15. The first kappa shape index (κ1) is 10.8. The highest BCUT2D eigenvalue weighted by atomic mass is 32.1. The van der Waals surface area contributed by atoms with Crippen molar-refractivity contribution < 1.29 is 0 Å². The summed E-state index contributed by atoms with van der Waals surface area (Å²) in [6.45, 7) is 0. The SMILES string of the molecule is c1ccc(-c2nnc3sc(-c4cccs4)nn23)nc1. The van der Waals surface area contributed by atoms with Crippen molar-refractivity contribution in [1.29, 1.82) is 0 Å². The molecule has 0 saturated heterocycles. The van der Waals surface area contributed by atoms with Gasteiger partial charge in [-0.25, -0.2) is 0 Å². The lowest BCUT2D eigenvalue weighted by Crippen LogP contribution is -1.92. The Morgan fingerprint density at radius 2 is 2.05 bits per heavy atom. The molecule has 7 heteroatoms. The third-order valence-electron chi connectivity index (χ3n) is 2.62. The Balaban J connectivity index is 1.90. The lowest BCUT2D eigenvalue weighted by molar-refractivity contribution is 0.963. The number of pyridine rings is 1. The molecule has 0 N–H and O–H groups in total. The molecule has 0 amide bonds. The summed E-state index contributed by atoms with van der Waals surface area (Å²) < 4.78 is 1.75. The summed E-state index contributed by atoms with van der Waals surface area (Å²) in [4.78, 5) is 6.21. The van der Waals surface area contributed by atoms with Crippen molar-refractivity contribution in [2.75, 3.05) is 0 Å². The lowest BCUT2D eigenvalue weighted by atomic mass is 10.3. The molecular formula is C12H7N5S2. The first-order chi connectivity index (χ1) is 9.42. The summed E-state index contributed by atoms with van der Waals surface area (Å²) >= 11 is 3.20. The van der Waals surface area contributed by atoms with E-state index in [9.17, 15) is 0 Å². The van der Waals surface area contributed by atoms with Gasteiger partial charge in [0.15, 0.2) is 5.01 Å². The zero-order valence-electron chi connectivity index (χ0n) is 9.59. The van der Waals surface area contributed by atoms with Crippen LogP contribution in [-0.4, -0.2) is 24.8 Å². The molecule has 0 saturated carbocycles. The van der Waals surface area contributed by atoms with Gasteiger partial charge < -0.3 is 0 Å². The van der Waals surface area contributed by atoms with Gasteiger partial charge in [0.1, 0.15) is 5.69 Å². The van der Waals surface area contributed by atoms with Crippen LogP contribution in [0.2, 0.25) is 0 Å². The maximum atomic E-state index is 4.57. The molecule has 0 aromatic carbocycles. The molecule has 0 bridgehead atoms. The quantitative estimate of drug-likeness (QED) is 0.568. The molecule has 5 nitrogen and oxygen atoms in total. The average molecular weight is 285 g/mol. The molecule has 0 aliphatic carbocycles. The molecule has 4 aromatic heterocycles. The second-order valence-corrected chi connectivity index (χ2v) is 5.72. The number of aromatic nitrogens is 5. The second kappa shape index (κ2) is 4.22. The van der Waals surface area contributed by atoms with E-state index in [0.29, 0.717) is 5.82 Å². The van der Waals surface area contributed by atoms with E-state index in [1.807, 2.05) is 29.6 Å². The third kappa shape index (κ3) is 1.74. The molecule has 4 rings (SSSR count). The summed E-state index contributed by atoms with van der Waals surface area (Å²) in [7, 11) is 0. The molecule has 19 heavy (non-hydrogen) atoms. The minimum Gasteiger partial charge on any atom is -0.253 e. The minimum absolute atomic E-state index is 0.676. The molecule has 0 atom stereocenters.